The van der Waals surface area contributed by atoms with Crippen LogP contribution in [-0.4, -0.2) is 28.3 Å². The quantitative estimate of drug-likeness (QED) is 0.658. The fraction of sp³-hybridized carbons (Fsp3) is 0.381. The highest BCUT2D eigenvalue weighted by atomic mass is 19.4. The average molecular weight is 417 g/mol. The zero-order valence-corrected chi connectivity index (χ0v) is 16.7. The van der Waals surface area contributed by atoms with Gasteiger partial charge in [-0.05, 0) is 50.5 Å². The lowest BCUT2D eigenvalue weighted by atomic mass is 10.0. The summed E-state index contributed by atoms with van der Waals surface area (Å²) >= 11 is 0. The minimum Gasteiger partial charge on any atom is -0.362 e. The molecule has 0 saturated carbocycles. The van der Waals surface area contributed by atoms with Crippen LogP contribution in [0.1, 0.15) is 42.6 Å². The fourth-order valence-corrected chi connectivity index (χ4v) is 3.83. The Morgan fingerprint density at radius 1 is 1.17 bits per heavy atom. The van der Waals surface area contributed by atoms with Crippen molar-refractivity contribution in [2.24, 2.45) is 0 Å². The largest absolute Gasteiger partial charge is 0.416 e. The average Bonchev–Trinajstić information content (AvgIpc) is 3.24. The van der Waals surface area contributed by atoms with E-state index in [0.717, 1.165) is 38.1 Å². The zero-order valence-electron chi connectivity index (χ0n) is 16.7. The second kappa shape index (κ2) is 7.62. The molecule has 0 unspecified atom stereocenters. The Hall–Kier alpha value is -3.10. The number of nitrogens with zero attached hydrogens (tertiary/aromatic N) is 3. The summed E-state index contributed by atoms with van der Waals surface area (Å²) in [5.41, 5.74) is -0.000662. The molecule has 0 bridgehead atoms. The lowest BCUT2D eigenvalue weighted by Crippen LogP contribution is -2.23. The Kier molecular flexibility index (Phi) is 5.13. The summed E-state index contributed by atoms with van der Waals surface area (Å²) in [6, 6.07) is 6.56. The van der Waals surface area contributed by atoms with Crippen molar-refractivity contribution in [1.29, 1.82) is 0 Å². The second-order valence-corrected chi connectivity index (χ2v) is 7.59. The number of anilines is 2. The SMILES string of the molecule is Cc1nnc(N[C@H](C)c2cccc(C(F)(F)F)c2)c2cc(N3CCCC3)[nH]c(=O)c12. The van der Waals surface area contributed by atoms with Gasteiger partial charge in [-0.3, -0.25) is 4.79 Å². The molecular weight excluding hydrogens is 395 g/mol. The van der Waals surface area contributed by atoms with Crippen molar-refractivity contribution in [2.45, 2.75) is 38.9 Å². The number of aromatic amines is 1. The number of pyridine rings is 1. The van der Waals surface area contributed by atoms with Gasteiger partial charge < -0.3 is 15.2 Å². The number of rotatable bonds is 4. The molecule has 2 aromatic heterocycles. The molecule has 0 radical (unpaired) electrons. The van der Waals surface area contributed by atoms with Gasteiger partial charge in [-0.1, -0.05) is 12.1 Å². The van der Waals surface area contributed by atoms with Gasteiger partial charge in [-0.25, -0.2) is 0 Å². The van der Waals surface area contributed by atoms with Gasteiger partial charge in [0, 0.05) is 18.5 Å². The maximum Gasteiger partial charge on any atom is 0.416 e. The highest BCUT2D eigenvalue weighted by Gasteiger charge is 2.30. The van der Waals surface area contributed by atoms with Gasteiger partial charge in [0.15, 0.2) is 5.82 Å². The van der Waals surface area contributed by atoms with Gasteiger partial charge in [0.1, 0.15) is 5.82 Å². The van der Waals surface area contributed by atoms with Crippen molar-refractivity contribution in [1.82, 2.24) is 15.2 Å². The third-order valence-electron chi connectivity index (χ3n) is 5.45. The van der Waals surface area contributed by atoms with Crippen LogP contribution < -0.4 is 15.8 Å². The number of nitrogens with one attached hydrogen (secondary N) is 2. The van der Waals surface area contributed by atoms with E-state index in [-0.39, 0.29) is 5.56 Å². The monoisotopic (exact) mass is 417 g/mol. The van der Waals surface area contributed by atoms with Gasteiger partial charge in [0.05, 0.1) is 22.7 Å². The highest BCUT2D eigenvalue weighted by Crippen LogP contribution is 2.32. The van der Waals surface area contributed by atoms with Crippen LogP contribution in [0.5, 0.6) is 0 Å². The lowest BCUT2D eigenvalue weighted by molar-refractivity contribution is -0.137. The van der Waals surface area contributed by atoms with Crippen molar-refractivity contribution >= 4 is 22.4 Å². The normalized spacial score (nSPS) is 15.6. The van der Waals surface area contributed by atoms with Crippen LogP contribution in [0, 0.1) is 6.92 Å². The van der Waals surface area contributed by atoms with Gasteiger partial charge in [0.2, 0.25) is 0 Å². The first-order valence-corrected chi connectivity index (χ1v) is 9.83. The summed E-state index contributed by atoms with van der Waals surface area (Å²) in [5.74, 6) is 1.08. The van der Waals surface area contributed by atoms with Crippen LogP contribution in [-0.2, 0) is 6.18 Å². The summed E-state index contributed by atoms with van der Waals surface area (Å²) in [6.45, 7) is 5.18. The molecule has 3 aromatic rings. The van der Waals surface area contributed by atoms with E-state index in [4.69, 9.17) is 0 Å². The molecule has 1 aromatic carbocycles. The molecule has 158 valence electrons. The van der Waals surface area contributed by atoms with Gasteiger partial charge in [-0.2, -0.15) is 18.3 Å². The van der Waals surface area contributed by atoms with Gasteiger partial charge in [-0.15, -0.1) is 5.10 Å². The molecule has 4 rings (SSSR count). The number of hydrogen-bond acceptors (Lipinski definition) is 5. The van der Waals surface area contributed by atoms with Crippen LogP contribution in [0.15, 0.2) is 35.1 Å². The maximum absolute atomic E-state index is 13.1. The molecule has 0 amide bonds. The molecule has 1 aliphatic heterocycles. The van der Waals surface area contributed by atoms with Gasteiger partial charge >= 0.3 is 6.18 Å². The zero-order chi connectivity index (χ0) is 21.5. The minimum atomic E-state index is -4.41. The van der Waals surface area contributed by atoms with Crippen LogP contribution in [0.3, 0.4) is 0 Å². The van der Waals surface area contributed by atoms with Crippen molar-refractivity contribution in [2.75, 3.05) is 23.3 Å². The third kappa shape index (κ3) is 3.83. The number of fused-ring (bicyclic) bond motifs is 1. The van der Waals surface area contributed by atoms with E-state index in [0.29, 0.717) is 33.7 Å². The smallest absolute Gasteiger partial charge is 0.362 e. The third-order valence-corrected chi connectivity index (χ3v) is 5.45. The van der Waals surface area contributed by atoms with E-state index in [1.165, 1.54) is 6.07 Å². The van der Waals surface area contributed by atoms with Crippen LogP contribution in [0.4, 0.5) is 24.8 Å². The first kappa shape index (κ1) is 20.2. The summed E-state index contributed by atoms with van der Waals surface area (Å²) < 4.78 is 39.2. The summed E-state index contributed by atoms with van der Waals surface area (Å²) in [5, 5.41) is 12.4. The molecule has 0 aliphatic carbocycles. The molecule has 0 spiro atoms. The standard InChI is InChI=1S/C21H22F3N5O/c1-12(14-6-5-7-15(10-14)21(22,23)24)25-19-16-11-17(29-8-3-4-9-29)26-20(30)18(16)13(2)27-28-19/h5-7,10-12H,3-4,8-9H2,1-2H3,(H,25,28)(H,26,30)/t12-/m1/s1. The molecule has 3 heterocycles. The molecule has 6 nitrogen and oxygen atoms in total. The first-order chi connectivity index (χ1) is 14.2. The predicted octanol–water partition coefficient (Wildman–Crippen LogP) is 4.42. The van der Waals surface area contributed by atoms with Crippen molar-refractivity contribution in [3.8, 4) is 0 Å². The number of aryl methyl sites for hydroxylation is 1. The number of aromatic nitrogens is 3. The lowest BCUT2D eigenvalue weighted by Gasteiger charge is -2.20. The number of hydrogen-bond donors (Lipinski definition) is 2. The first-order valence-electron chi connectivity index (χ1n) is 9.83. The number of benzene rings is 1. The van der Waals surface area contributed by atoms with E-state index in [1.54, 1.807) is 19.9 Å². The van der Waals surface area contributed by atoms with Crippen LogP contribution in [0.2, 0.25) is 0 Å². The van der Waals surface area contributed by atoms with E-state index in [2.05, 4.69) is 25.4 Å². The van der Waals surface area contributed by atoms with Crippen LogP contribution >= 0.6 is 0 Å². The molecule has 2 N–H and O–H groups in total. The topological polar surface area (TPSA) is 73.9 Å². The second-order valence-electron chi connectivity index (χ2n) is 7.59. The number of H-pyrrole nitrogens is 1. The van der Waals surface area contributed by atoms with Crippen LogP contribution in [0.25, 0.3) is 10.8 Å². The summed E-state index contributed by atoms with van der Waals surface area (Å²) in [6.07, 6.45) is -2.29. The summed E-state index contributed by atoms with van der Waals surface area (Å²) in [7, 11) is 0. The number of alkyl halides is 3. The van der Waals surface area contributed by atoms with Gasteiger partial charge in [0.25, 0.3) is 5.56 Å². The predicted molar refractivity (Wildman–Crippen MR) is 110 cm³/mol. The molecule has 30 heavy (non-hydrogen) atoms. The Morgan fingerprint density at radius 2 is 1.90 bits per heavy atom. The van der Waals surface area contributed by atoms with Crippen molar-refractivity contribution in [3.05, 3.63) is 57.5 Å². The molecule has 1 aliphatic rings. The van der Waals surface area contributed by atoms with E-state index in [9.17, 15) is 18.0 Å². The van der Waals surface area contributed by atoms with E-state index < -0.39 is 17.8 Å². The Bertz CT molecular complexity index is 1140. The minimum absolute atomic E-state index is 0.253. The molecular formula is C21H22F3N5O. The molecule has 9 heteroatoms. The van der Waals surface area contributed by atoms with Crippen molar-refractivity contribution in [3.63, 3.8) is 0 Å². The molecule has 1 saturated heterocycles. The molecule has 1 atom stereocenters. The number of halogens is 3. The Morgan fingerprint density at radius 3 is 2.60 bits per heavy atom. The maximum atomic E-state index is 13.1. The fourth-order valence-electron chi connectivity index (χ4n) is 3.83. The van der Waals surface area contributed by atoms with E-state index >= 15 is 0 Å². The molecule has 1 fully saturated rings. The summed E-state index contributed by atoms with van der Waals surface area (Å²) in [4.78, 5) is 17.8. The highest BCUT2D eigenvalue weighted by molar-refractivity contribution is 5.94. The Balaban J connectivity index is 1.73. The van der Waals surface area contributed by atoms with Crippen molar-refractivity contribution < 1.29 is 13.2 Å². The Labute approximate surface area is 171 Å². The van der Waals surface area contributed by atoms with E-state index in [1.807, 2.05) is 6.07 Å².